The van der Waals surface area contributed by atoms with Gasteiger partial charge in [0, 0.05) is 44.8 Å². The van der Waals surface area contributed by atoms with Crippen LogP contribution in [0.5, 0.6) is 0 Å². The Morgan fingerprint density at radius 1 is 1.12 bits per heavy atom. The summed E-state index contributed by atoms with van der Waals surface area (Å²) in [5.41, 5.74) is 7.19. The van der Waals surface area contributed by atoms with Gasteiger partial charge in [-0.25, -0.2) is 12.7 Å². The molecular formula is C17H22N4O3S. The molecule has 0 bridgehead atoms. The van der Waals surface area contributed by atoms with Crippen molar-refractivity contribution >= 4 is 21.6 Å². The first-order chi connectivity index (χ1) is 11.6. The molecule has 2 rings (SSSR count). The molecule has 0 aliphatic rings. The number of nitrogens with zero attached hydrogens (tertiary/aromatic N) is 3. The van der Waals surface area contributed by atoms with E-state index in [-0.39, 0.29) is 28.1 Å². The van der Waals surface area contributed by atoms with Crippen LogP contribution in [0, 0.1) is 0 Å². The van der Waals surface area contributed by atoms with E-state index in [1.54, 1.807) is 19.4 Å². The normalized spacial score (nSPS) is 12.8. The van der Waals surface area contributed by atoms with Crippen LogP contribution in [0.25, 0.3) is 0 Å². The fraction of sp³-hybridized carbons (Fsp3) is 0.294. The fourth-order valence-corrected chi connectivity index (χ4v) is 3.33. The van der Waals surface area contributed by atoms with Crippen molar-refractivity contribution in [1.82, 2.24) is 14.2 Å². The summed E-state index contributed by atoms with van der Waals surface area (Å²) in [6.07, 6.45) is 3.32. The number of pyridine rings is 1. The van der Waals surface area contributed by atoms with Gasteiger partial charge in [-0.05, 0) is 42.8 Å². The molecular weight excluding hydrogens is 340 g/mol. The molecule has 25 heavy (non-hydrogen) atoms. The summed E-state index contributed by atoms with van der Waals surface area (Å²) >= 11 is 0. The number of hydrogen-bond donors (Lipinski definition) is 1. The van der Waals surface area contributed by atoms with Crippen LogP contribution < -0.4 is 5.73 Å². The Kier molecular flexibility index (Phi) is 5.44. The number of benzene rings is 1. The highest BCUT2D eigenvalue weighted by Gasteiger charge is 2.23. The Balaban J connectivity index is 2.38. The van der Waals surface area contributed by atoms with E-state index in [4.69, 9.17) is 5.73 Å². The van der Waals surface area contributed by atoms with Gasteiger partial charge in [-0.15, -0.1) is 0 Å². The topological polar surface area (TPSA) is 96.6 Å². The van der Waals surface area contributed by atoms with Crippen molar-refractivity contribution in [2.45, 2.75) is 17.9 Å². The molecule has 0 saturated carbocycles. The van der Waals surface area contributed by atoms with Gasteiger partial charge in [0.1, 0.15) is 0 Å². The Morgan fingerprint density at radius 3 is 2.28 bits per heavy atom. The number of nitrogen functional groups attached to an aromatic ring is 1. The van der Waals surface area contributed by atoms with Crippen molar-refractivity contribution < 1.29 is 13.2 Å². The van der Waals surface area contributed by atoms with Crippen molar-refractivity contribution in [2.24, 2.45) is 0 Å². The highest BCUT2D eigenvalue weighted by Crippen LogP contribution is 2.24. The standard InChI is InChI=1S/C17H22N4O3S/c1-12(13-5-7-19-8-6-13)21(4)17(22)14-9-15(18)11-16(10-14)25(23,24)20(2)3/h5-12H,18H2,1-4H3. The molecule has 7 nitrogen and oxygen atoms in total. The Labute approximate surface area is 148 Å². The SMILES string of the molecule is CC(c1ccncc1)N(C)C(=O)c1cc(N)cc(S(=O)(=O)N(C)C)c1. The van der Waals surface area contributed by atoms with Crippen LogP contribution in [0.2, 0.25) is 0 Å². The van der Waals surface area contributed by atoms with Crippen LogP contribution in [0.1, 0.15) is 28.9 Å². The predicted molar refractivity (Wildman–Crippen MR) is 96.5 cm³/mol. The van der Waals surface area contributed by atoms with Crippen LogP contribution in [0.15, 0.2) is 47.6 Å². The molecule has 0 aliphatic carbocycles. The van der Waals surface area contributed by atoms with Crippen LogP contribution in [-0.4, -0.2) is 49.7 Å². The zero-order chi connectivity index (χ0) is 18.8. The monoisotopic (exact) mass is 362 g/mol. The van der Waals surface area contributed by atoms with E-state index < -0.39 is 10.0 Å². The van der Waals surface area contributed by atoms with Crippen LogP contribution >= 0.6 is 0 Å². The lowest BCUT2D eigenvalue weighted by Crippen LogP contribution is -2.30. The van der Waals surface area contributed by atoms with Crippen LogP contribution in [0.3, 0.4) is 0 Å². The number of rotatable bonds is 5. The summed E-state index contributed by atoms with van der Waals surface area (Å²) in [6, 6.07) is 7.63. The summed E-state index contributed by atoms with van der Waals surface area (Å²) in [5.74, 6) is -0.313. The second-order valence-corrected chi connectivity index (χ2v) is 8.10. The number of aromatic nitrogens is 1. The van der Waals surface area contributed by atoms with E-state index in [9.17, 15) is 13.2 Å². The van der Waals surface area contributed by atoms with E-state index in [1.807, 2.05) is 19.1 Å². The average Bonchev–Trinajstić information content (AvgIpc) is 2.59. The largest absolute Gasteiger partial charge is 0.399 e. The molecule has 2 N–H and O–H groups in total. The smallest absolute Gasteiger partial charge is 0.254 e. The molecule has 0 aliphatic heterocycles. The number of amides is 1. The number of nitrogens with two attached hydrogens (primary N) is 1. The summed E-state index contributed by atoms with van der Waals surface area (Å²) in [4.78, 5) is 18.3. The first-order valence-corrected chi connectivity index (χ1v) is 9.08. The highest BCUT2D eigenvalue weighted by molar-refractivity contribution is 7.89. The third-order valence-corrected chi connectivity index (χ3v) is 5.84. The van der Waals surface area contributed by atoms with Gasteiger partial charge in [0.2, 0.25) is 10.0 Å². The minimum absolute atomic E-state index is 0.00851. The molecule has 1 aromatic heterocycles. The first kappa shape index (κ1) is 18.9. The maximum atomic E-state index is 12.8. The quantitative estimate of drug-likeness (QED) is 0.817. The number of carbonyl (C=O) groups is 1. The first-order valence-electron chi connectivity index (χ1n) is 7.64. The van der Waals surface area contributed by atoms with Gasteiger partial charge in [0.25, 0.3) is 5.91 Å². The van der Waals surface area contributed by atoms with Gasteiger partial charge in [-0.2, -0.15) is 0 Å². The molecule has 2 aromatic rings. The minimum Gasteiger partial charge on any atom is -0.399 e. The molecule has 0 radical (unpaired) electrons. The van der Waals surface area contributed by atoms with E-state index in [0.29, 0.717) is 0 Å². The number of carbonyl (C=O) groups excluding carboxylic acids is 1. The van der Waals surface area contributed by atoms with E-state index in [2.05, 4.69) is 4.98 Å². The van der Waals surface area contributed by atoms with Crippen molar-refractivity contribution in [3.05, 3.63) is 53.9 Å². The maximum absolute atomic E-state index is 12.8. The summed E-state index contributed by atoms with van der Waals surface area (Å²) in [5, 5.41) is 0. The molecule has 0 spiro atoms. The van der Waals surface area contributed by atoms with Crippen molar-refractivity contribution in [3.63, 3.8) is 0 Å². The fourth-order valence-electron chi connectivity index (χ4n) is 2.35. The molecule has 1 unspecified atom stereocenters. The molecule has 0 saturated heterocycles. The third-order valence-electron chi connectivity index (χ3n) is 4.04. The van der Waals surface area contributed by atoms with E-state index in [1.165, 1.54) is 37.2 Å². The summed E-state index contributed by atoms with van der Waals surface area (Å²) in [6.45, 7) is 1.89. The molecule has 0 fully saturated rings. The number of anilines is 1. The summed E-state index contributed by atoms with van der Waals surface area (Å²) in [7, 11) is 0.841. The average molecular weight is 362 g/mol. The van der Waals surface area contributed by atoms with Crippen LogP contribution in [0.4, 0.5) is 5.69 Å². The van der Waals surface area contributed by atoms with Gasteiger partial charge in [-0.3, -0.25) is 9.78 Å². The third kappa shape index (κ3) is 3.97. The van der Waals surface area contributed by atoms with Crippen molar-refractivity contribution in [2.75, 3.05) is 26.9 Å². The molecule has 1 amide bonds. The molecule has 1 aromatic carbocycles. The van der Waals surface area contributed by atoms with E-state index in [0.717, 1.165) is 9.87 Å². The lowest BCUT2D eigenvalue weighted by molar-refractivity contribution is 0.0742. The Hall–Kier alpha value is -2.45. The van der Waals surface area contributed by atoms with Gasteiger partial charge in [-0.1, -0.05) is 0 Å². The molecule has 134 valence electrons. The molecule has 1 atom stereocenters. The van der Waals surface area contributed by atoms with Gasteiger partial charge in [0.05, 0.1) is 10.9 Å². The maximum Gasteiger partial charge on any atom is 0.254 e. The van der Waals surface area contributed by atoms with Gasteiger partial charge < -0.3 is 10.6 Å². The zero-order valence-corrected chi connectivity index (χ0v) is 15.5. The molecule has 8 heteroatoms. The van der Waals surface area contributed by atoms with Crippen LogP contribution in [-0.2, 0) is 10.0 Å². The second kappa shape index (κ2) is 7.20. The predicted octanol–water partition coefficient (Wildman–Crippen LogP) is 1.75. The second-order valence-electron chi connectivity index (χ2n) is 5.95. The van der Waals surface area contributed by atoms with Gasteiger partial charge >= 0.3 is 0 Å². The number of sulfonamides is 1. The lowest BCUT2D eigenvalue weighted by atomic mass is 10.1. The number of hydrogen-bond acceptors (Lipinski definition) is 5. The van der Waals surface area contributed by atoms with E-state index >= 15 is 0 Å². The lowest BCUT2D eigenvalue weighted by Gasteiger charge is -2.25. The summed E-state index contributed by atoms with van der Waals surface area (Å²) < 4.78 is 25.7. The highest BCUT2D eigenvalue weighted by atomic mass is 32.2. The Bertz CT molecular complexity index is 867. The molecule has 1 heterocycles. The van der Waals surface area contributed by atoms with Crippen molar-refractivity contribution in [1.29, 1.82) is 0 Å². The Morgan fingerprint density at radius 2 is 1.72 bits per heavy atom. The van der Waals surface area contributed by atoms with Gasteiger partial charge in [0.15, 0.2) is 0 Å². The van der Waals surface area contributed by atoms with Crippen molar-refractivity contribution in [3.8, 4) is 0 Å². The zero-order valence-electron chi connectivity index (χ0n) is 14.7. The minimum atomic E-state index is -3.68.